The van der Waals surface area contributed by atoms with Crippen LogP contribution in [0, 0.1) is 24.0 Å². The van der Waals surface area contributed by atoms with Gasteiger partial charge in [0, 0.05) is 35.9 Å². The summed E-state index contributed by atoms with van der Waals surface area (Å²) in [6, 6.07) is 6.68. The third-order valence-corrected chi connectivity index (χ3v) is 7.77. The Bertz CT molecular complexity index is 979. The van der Waals surface area contributed by atoms with Gasteiger partial charge in [-0.15, -0.1) is 11.3 Å². The molecule has 0 unspecified atom stereocenters. The molecule has 10 heteroatoms. The average molecular weight is 426 g/mol. The molecular weight excluding hydrogens is 402 g/mol. The highest BCUT2D eigenvalue weighted by molar-refractivity contribution is 7.89. The lowest BCUT2D eigenvalue weighted by atomic mass is 10.2. The van der Waals surface area contributed by atoms with Crippen LogP contribution in [0.1, 0.15) is 16.7 Å². The fraction of sp³-hybridized carbons (Fsp3) is 0.444. The molecule has 8 nitrogen and oxygen atoms in total. The van der Waals surface area contributed by atoms with Gasteiger partial charge in [0.15, 0.2) is 5.75 Å². The first kappa shape index (κ1) is 20.6. The number of para-hydroxylation sites is 1. The number of hydrogen-bond acceptors (Lipinski definition) is 7. The highest BCUT2D eigenvalue weighted by Gasteiger charge is 2.33. The third-order valence-electron chi connectivity index (χ3n) is 4.65. The van der Waals surface area contributed by atoms with E-state index in [2.05, 4.69) is 0 Å². The largest absolute Gasteiger partial charge is 0.487 e. The Morgan fingerprint density at radius 2 is 1.89 bits per heavy atom. The molecule has 1 aliphatic rings. The monoisotopic (exact) mass is 425 g/mol. The molecule has 2 heterocycles. The second kappa shape index (κ2) is 8.06. The number of thiophene rings is 1. The lowest BCUT2D eigenvalue weighted by molar-refractivity contribution is -0.385. The van der Waals surface area contributed by atoms with Crippen LogP contribution in [-0.4, -0.2) is 50.4 Å². The summed E-state index contributed by atoms with van der Waals surface area (Å²) in [7, 11) is -3.56. The Hall–Kier alpha value is -2.17. The Kier molecular flexibility index (Phi) is 5.92. The van der Waals surface area contributed by atoms with E-state index in [1.54, 1.807) is 31.2 Å². The maximum absolute atomic E-state index is 13.0. The van der Waals surface area contributed by atoms with Crippen LogP contribution < -0.4 is 9.64 Å². The van der Waals surface area contributed by atoms with Gasteiger partial charge < -0.3 is 9.64 Å². The van der Waals surface area contributed by atoms with Crippen LogP contribution in [0.4, 0.5) is 11.4 Å². The summed E-state index contributed by atoms with van der Waals surface area (Å²) in [6.07, 6.45) is 0. The van der Waals surface area contributed by atoms with Crippen molar-refractivity contribution in [3.8, 4) is 5.75 Å². The normalized spacial score (nSPS) is 15.6. The molecule has 1 aliphatic heterocycles. The smallest absolute Gasteiger partial charge is 0.333 e. The number of nitro benzene ring substituents is 1. The second-order valence-corrected chi connectivity index (χ2v) is 9.85. The van der Waals surface area contributed by atoms with Crippen molar-refractivity contribution < 1.29 is 18.1 Å². The molecule has 0 spiro atoms. The van der Waals surface area contributed by atoms with Gasteiger partial charge in [-0.2, -0.15) is 4.31 Å². The highest BCUT2D eigenvalue weighted by atomic mass is 32.2. The SMILES string of the molecule is CCOc1cccc(N2CCN(S(=O)(=O)c3cc(C)sc3C)CC2)c1[N+](=O)[O-]. The van der Waals surface area contributed by atoms with Gasteiger partial charge in [0.25, 0.3) is 0 Å². The summed E-state index contributed by atoms with van der Waals surface area (Å²) < 4.78 is 32.8. The lowest BCUT2D eigenvalue weighted by Crippen LogP contribution is -2.48. The molecule has 0 N–H and O–H groups in total. The molecule has 152 valence electrons. The number of nitro groups is 1. The van der Waals surface area contributed by atoms with Gasteiger partial charge >= 0.3 is 5.69 Å². The van der Waals surface area contributed by atoms with E-state index >= 15 is 0 Å². The molecule has 28 heavy (non-hydrogen) atoms. The topological polar surface area (TPSA) is 93.0 Å². The molecule has 0 saturated carbocycles. The molecule has 0 bridgehead atoms. The summed E-state index contributed by atoms with van der Waals surface area (Å²) in [5.41, 5.74) is 0.375. The number of nitrogens with zero attached hydrogens (tertiary/aromatic N) is 3. The number of sulfonamides is 1. The lowest BCUT2D eigenvalue weighted by Gasteiger charge is -2.35. The van der Waals surface area contributed by atoms with Crippen molar-refractivity contribution in [3.05, 3.63) is 44.1 Å². The van der Waals surface area contributed by atoms with Crippen molar-refractivity contribution in [3.63, 3.8) is 0 Å². The Morgan fingerprint density at radius 1 is 1.21 bits per heavy atom. The fourth-order valence-electron chi connectivity index (χ4n) is 3.39. The van der Waals surface area contributed by atoms with Crippen LogP contribution in [0.15, 0.2) is 29.2 Å². The van der Waals surface area contributed by atoms with Gasteiger partial charge in [0.05, 0.1) is 16.4 Å². The van der Waals surface area contributed by atoms with Crippen LogP contribution in [0.3, 0.4) is 0 Å². The summed E-state index contributed by atoms with van der Waals surface area (Å²) in [5, 5.41) is 11.6. The number of ether oxygens (including phenoxy) is 1. The number of hydrogen-bond donors (Lipinski definition) is 0. The van der Waals surface area contributed by atoms with E-state index in [1.807, 2.05) is 18.7 Å². The molecule has 0 atom stereocenters. The standard InChI is InChI=1S/C18H23N3O5S2/c1-4-26-16-7-5-6-15(18(16)21(22)23)19-8-10-20(11-9-19)28(24,25)17-12-13(2)27-14(17)3/h5-7,12H,4,8-11H2,1-3H3. The number of benzene rings is 1. The van der Waals surface area contributed by atoms with Crippen molar-refractivity contribution in [2.75, 3.05) is 37.7 Å². The van der Waals surface area contributed by atoms with Gasteiger partial charge in [0.1, 0.15) is 5.69 Å². The van der Waals surface area contributed by atoms with Crippen molar-refractivity contribution in [2.24, 2.45) is 0 Å². The van der Waals surface area contributed by atoms with Crippen LogP contribution in [0.2, 0.25) is 0 Å². The fourth-order valence-corrected chi connectivity index (χ4v) is 6.34. The first-order valence-electron chi connectivity index (χ1n) is 8.98. The van der Waals surface area contributed by atoms with E-state index in [4.69, 9.17) is 4.74 Å². The second-order valence-electron chi connectivity index (χ2n) is 6.48. The summed E-state index contributed by atoms with van der Waals surface area (Å²) in [5.74, 6) is 0.226. The Balaban J connectivity index is 1.82. The maximum atomic E-state index is 13.0. The number of rotatable bonds is 6. The molecule has 0 radical (unpaired) electrons. The van der Waals surface area contributed by atoms with E-state index < -0.39 is 14.9 Å². The zero-order chi connectivity index (χ0) is 20.5. The minimum atomic E-state index is -3.56. The Morgan fingerprint density at radius 3 is 2.43 bits per heavy atom. The van der Waals surface area contributed by atoms with E-state index in [1.165, 1.54) is 15.6 Å². The molecule has 0 aliphatic carbocycles. The van der Waals surface area contributed by atoms with Crippen LogP contribution in [-0.2, 0) is 10.0 Å². The molecule has 3 rings (SSSR count). The zero-order valence-electron chi connectivity index (χ0n) is 16.0. The van der Waals surface area contributed by atoms with E-state index in [-0.39, 0.29) is 24.5 Å². The zero-order valence-corrected chi connectivity index (χ0v) is 17.7. The van der Waals surface area contributed by atoms with Crippen molar-refractivity contribution >= 4 is 32.7 Å². The Labute approximate surface area is 168 Å². The third kappa shape index (κ3) is 3.85. The molecular formula is C18H23N3O5S2. The molecule has 1 aromatic carbocycles. The first-order chi connectivity index (χ1) is 13.3. The van der Waals surface area contributed by atoms with Crippen LogP contribution >= 0.6 is 11.3 Å². The van der Waals surface area contributed by atoms with E-state index in [9.17, 15) is 18.5 Å². The number of aryl methyl sites for hydroxylation is 2. The van der Waals surface area contributed by atoms with Crippen LogP contribution in [0.5, 0.6) is 5.75 Å². The van der Waals surface area contributed by atoms with E-state index in [0.717, 1.165) is 9.75 Å². The van der Waals surface area contributed by atoms with Gasteiger partial charge in [0.2, 0.25) is 10.0 Å². The molecule has 2 aromatic rings. The summed E-state index contributed by atoms with van der Waals surface area (Å²) >= 11 is 1.46. The molecule has 1 fully saturated rings. The predicted molar refractivity (Wildman–Crippen MR) is 109 cm³/mol. The minimum absolute atomic E-state index is 0.0787. The molecule has 1 saturated heterocycles. The average Bonchev–Trinajstić information content (AvgIpc) is 3.00. The maximum Gasteiger partial charge on any atom is 0.333 e. The highest BCUT2D eigenvalue weighted by Crippen LogP contribution is 2.38. The van der Waals surface area contributed by atoms with Gasteiger partial charge in [-0.25, -0.2) is 8.42 Å². The van der Waals surface area contributed by atoms with Gasteiger partial charge in [-0.3, -0.25) is 10.1 Å². The van der Waals surface area contributed by atoms with Gasteiger partial charge in [-0.05, 0) is 39.0 Å². The predicted octanol–water partition coefficient (Wildman–Crippen LogP) is 3.18. The van der Waals surface area contributed by atoms with Gasteiger partial charge in [-0.1, -0.05) is 6.07 Å². The minimum Gasteiger partial charge on any atom is -0.487 e. The quantitative estimate of drug-likeness (QED) is 0.521. The molecule has 1 aromatic heterocycles. The summed E-state index contributed by atoms with van der Waals surface area (Å²) in [4.78, 5) is 15.1. The van der Waals surface area contributed by atoms with Crippen molar-refractivity contribution in [1.82, 2.24) is 4.31 Å². The van der Waals surface area contributed by atoms with E-state index in [0.29, 0.717) is 30.3 Å². The first-order valence-corrected chi connectivity index (χ1v) is 11.2. The number of anilines is 1. The van der Waals surface area contributed by atoms with Crippen molar-refractivity contribution in [2.45, 2.75) is 25.7 Å². The van der Waals surface area contributed by atoms with Crippen LogP contribution in [0.25, 0.3) is 0 Å². The number of piperazine rings is 1. The molecule has 0 amide bonds. The summed E-state index contributed by atoms with van der Waals surface area (Å²) in [6.45, 7) is 7.08. The van der Waals surface area contributed by atoms with Crippen molar-refractivity contribution in [1.29, 1.82) is 0 Å².